The van der Waals surface area contributed by atoms with Crippen LogP contribution in [0.3, 0.4) is 0 Å². The van der Waals surface area contributed by atoms with Gasteiger partial charge in [0, 0.05) is 36.0 Å². The smallest absolute Gasteiger partial charge is 0.248 e. The van der Waals surface area contributed by atoms with E-state index in [-0.39, 0.29) is 12.8 Å². The maximum Gasteiger partial charge on any atom is 0.248 e. The van der Waals surface area contributed by atoms with Crippen LogP contribution in [-0.4, -0.2) is 22.9 Å². The van der Waals surface area contributed by atoms with Gasteiger partial charge in [-0.25, -0.2) is 8.78 Å². The topological polar surface area (TPSA) is 68.0 Å². The number of aryl methyl sites for hydroxylation is 1. The number of carbonyl (C=O) groups excluding carboxylic acids is 1. The van der Waals surface area contributed by atoms with Gasteiger partial charge >= 0.3 is 0 Å². The third kappa shape index (κ3) is 4.62. The van der Waals surface area contributed by atoms with E-state index in [0.717, 1.165) is 16.8 Å². The van der Waals surface area contributed by atoms with Crippen molar-refractivity contribution in [2.75, 3.05) is 5.32 Å². The van der Waals surface area contributed by atoms with E-state index >= 15 is 0 Å². The predicted molar refractivity (Wildman–Crippen MR) is 103 cm³/mol. The summed E-state index contributed by atoms with van der Waals surface area (Å²) in [5.74, 6) is -3.69. The first kappa shape index (κ1) is 19.7. The minimum atomic E-state index is -2.73. The number of nitrogens with two attached hydrogens (primary N) is 1. The number of carbonyl (C=O) groups is 1. The average molecular weight is 394 g/mol. The largest absolute Gasteiger partial charge is 0.325 e. The second kappa shape index (κ2) is 7.90. The molecule has 2 aromatic rings. The highest BCUT2D eigenvalue weighted by Gasteiger charge is 2.40. The van der Waals surface area contributed by atoms with E-state index in [1.54, 1.807) is 24.4 Å². The lowest BCUT2D eigenvalue weighted by atomic mass is 9.82. The van der Waals surface area contributed by atoms with Crippen molar-refractivity contribution in [3.05, 3.63) is 47.2 Å². The van der Waals surface area contributed by atoms with Gasteiger partial charge in [-0.05, 0) is 49.4 Å². The molecule has 0 saturated heterocycles. The molecule has 1 heterocycles. The summed E-state index contributed by atoms with van der Waals surface area (Å²) in [7, 11) is 0. The standard InChI is InChI=1S/C20H22ClF2N3O/c1-12-17(16(21)8-10-25-12)13-4-6-15(7-5-13)26-19(27)18(24)14-3-2-9-20(22,23)11-14/h4-8,10,14,18H,2-3,9,11,24H2,1H3,(H,26,27)/t14-,18-/m0/s1. The van der Waals surface area contributed by atoms with Crippen molar-refractivity contribution in [3.8, 4) is 11.1 Å². The third-order valence-electron chi connectivity index (χ3n) is 5.02. The summed E-state index contributed by atoms with van der Waals surface area (Å²) in [5, 5.41) is 3.31. The molecule has 0 spiro atoms. The molecule has 3 rings (SSSR count). The van der Waals surface area contributed by atoms with Crippen LogP contribution in [0.5, 0.6) is 0 Å². The fourth-order valence-corrected chi connectivity index (χ4v) is 3.86. The van der Waals surface area contributed by atoms with Crippen LogP contribution in [-0.2, 0) is 4.79 Å². The molecule has 1 aliphatic rings. The van der Waals surface area contributed by atoms with Gasteiger partial charge < -0.3 is 11.1 Å². The molecule has 1 fully saturated rings. The monoisotopic (exact) mass is 393 g/mol. The molecule has 3 N–H and O–H groups in total. The molecule has 7 heteroatoms. The molecule has 27 heavy (non-hydrogen) atoms. The van der Waals surface area contributed by atoms with Gasteiger partial charge in [0.15, 0.2) is 0 Å². The highest BCUT2D eigenvalue weighted by Crippen LogP contribution is 2.38. The molecule has 1 amide bonds. The first-order valence-electron chi connectivity index (χ1n) is 8.93. The zero-order valence-corrected chi connectivity index (χ0v) is 15.8. The molecule has 1 aliphatic carbocycles. The summed E-state index contributed by atoms with van der Waals surface area (Å²) in [5.41, 5.74) is 9.02. The van der Waals surface area contributed by atoms with Gasteiger partial charge in [0.2, 0.25) is 11.8 Å². The van der Waals surface area contributed by atoms with Crippen LogP contribution in [0, 0.1) is 12.8 Å². The molecular weight excluding hydrogens is 372 g/mol. The van der Waals surface area contributed by atoms with E-state index in [4.69, 9.17) is 17.3 Å². The van der Waals surface area contributed by atoms with Crippen molar-refractivity contribution < 1.29 is 13.6 Å². The number of amides is 1. The number of alkyl halides is 2. The van der Waals surface area contributed by atoms with E-state index in [9.17, 15) is 13.6 Å². The Kier molecular flexibility index (Phi) is 5.77. The zero-order chi connectivity index (χ0) is 19.6. The number of hydrogen-bond donors (Lipinski definition) is 2. The number of nitrogens with one attached hydrogen (secondary N) is 1. The van der Waals surface area contributed by atoms with Gasteiger partial charge in [-0.3, -0.25) is 9.78 Å². The molecule has 0 bridgehead atoms. The Morgan fingerprint density at radius 2 is 2.04 bits per heavy atom. The second-order valence-corrected chi connectivity index (χ2v) is 7.47. The molecule has 0 radical (unpaired) electrons. The summed E-state index contributed by atoms with van der Waals surface area (Å²) in [6.45, 7) is 1.87. The summed E-state index contributed by atoms with van der Waals surface area (Å²) >= 11 is 6.25. The van der Waals surface area contributed by atoms with Gasteiger partial charge in [-0.1, -0.05) is 23.7 Å². The van der Waals surface area contributed by atoms with Crippen LogP contribution in [0.1, 0.15) is 31.4 Å². The number of anilines is 1. The van der Waals surface area contributed by atoms with E-state index in [2.05, 4.69) is 10.3 Å². The summed E-state index contributed by atoms with van der Waals surface area (Å²) < 4.78 is 27.1. The predicted octanol–water partition coefficient (Wildman–Crippen LogP) is 4.80. The summed E-state index contributed by atoms with van der Waals surface area (Å²) in [4.78, 5) is 16.6. The molecule has 2 atom stereocenters. The quantitative estimate of drug-likeness (QED) is 0.783. The second-order valence-electron chi connectivity index (χ2n) is 7.06. The summed E-state index contributed by atoms with van der Waals surface area (Å²) in [6.07, 6.45) is 2.11. The lowest BCUT2D eigenvalue weighted by Gasteiger charge is -2.31. The number of hydrogen-bond acceptors (Lipinski definition) is 3. The lowest BCUT2D eigenvalue weighted by Crippen LogP contribution is -2.45. The van der Waals surface area contributed by atoms with Gasteiger partial charge in [-0.15, -0.1) is 0 Å². The van der Waals surface area contributed by atoms with E-state index in [1.165, 1.54) is 0 Å². The van der Waals surface area contributed by atoms with Crippen molar-refractivity contribution in [2.24, 2.45) is 11.7 Å². The minimum absolute atomic E-state index is 0.129. The molecule has 144 valence electrons. The van der Waals surface area contributed by atoms with Crippen LogP contribution < -0.4 is 11.1 Å². The van der Waals surface area contributed by atoms with Crippen LogP contribution in [0.4, 0.5) is 14.5 Å². The summed E-state index contributed by atoms with van der Waals surface area (Å²) in [6, 6.07) is 7.89. The molecule has 1 aromatic heterocycles. The average Bonchev–Trinajstić information content (AvgIpc) is 2.61. The number of benzene rings is 1. The molecule has 1 aromatic carbocycles. The Hall–Kier alpha value is -2.05. The van der Waals surface area contributed by atoms with Crippen LogP contribution in [0.2, 0.25) is 5.02 Å². The maximum absolute atomic E-state index is 13.6. The van der Waals surface area contributed by atoms with Crippen LogP contribution in [0.25, 0.3) is 11.1 Å². The Labute approximate surface area is 162 Å². The first-order chi connectivity index (χ1) is 12.8. The maximum atomic E-state index is 13.6. The Balaban J connectivity index is 1.68. The first-order valence-corrected chi connectivity index (χ1v) is 9.30. The van der Waals surface area contributed by atoms with Gasteiger partial charge in [0.1, 0.15) is 0 Å². The Morgan fingerprint density at radius 3 is 2.67 bits per heavy atom. The van der Waals surface area contributed by atoms with E-state index < -0.39 is 23.8 Å². The number of pyridine rings is 1. The molecule has 0 aliphatic heterocycles. The zero-order valence-electron chi connectivity index (χ0n) is 15.0. The van der Waals surface area contributed by atoms with Crippen molar-refractivity contribution in [3.63, 3.8) is 0 Å². The van der Waals surface area contributed by atoms with E-state index in [1.807, 2.05) is 19.1 Å². The molecular formula is C20H22ClF2N3O. The van der Waals surface area contributed by atoms with Crippen molar-refractivity contribution in [1.29, 1.82) is 0 Å². The van der Waals surface area contributed by atoms with E-state index in [0.29, 0.717) is 23.6 Å². The van der Waals surface area contributed by atoms with Crippen molar-refractivity contribution in [2.45, 2.75) is 44.6 Å². The molecule has 0 unspecified atom stereocenters. The Bertz CT molecular complexity index is 806. The number of aromatic nitrogens is 1. The SMILES string of the molecule is Cc1nccc(Cl)c1-c1ccc(NC(=O)[C@@H](N)[C@H]2CCCC(F)(F)C2)cc1. The number of nitrogens with zero attached hydrogens (tertiary/aromatic N) is 1. The van der Waals surface area contributed by atoms with Crippen LogP contribution in [0.15, 0.2) is 36.5 Å². The minimum Gasteiger partial charge on any atom is -0.325 e. The molecule has 4 nitrogen and oxygen atoms in total. The fraction of sp³-hybridized carbons (Fsp3) is 0.400. The fourth-order valence-electron chi connectivity index (χ4n) is 3.56. The highest BCUT2D eigenvalue weighted by molar-refractivity contribution is 6.33. The number of halogens is 3. The van der Waals surface area contributed by atoms with Crippen molar-refractivity contribution in [1.82, 2.24) is 4.98 Å². The Morgan fingerprint density at radius 1 is 1.33 bits per heavy atom. The lowest BCUT2D eigenvalue weighted by molar-refractivity contribution is -0.120. The van der Waals surface area contributed by atoms with Crippen molar-refractivity contribution >= 4 is 23.2 Å². The molecule has 1 saturated carbocycles. The van der Waals surface area contributed by atoms with Crippen LogP contribution >= 0.6 is 11.6 Å². The van der Waals surface area contributed by atoms with Gasteiger partial charge in [0.25, 0.3) is 0 Å². The van der Waals surface area contributed by atoms with Gasteiger partial charge in [-0.2, -0.15) is 0 Å². The third-order valence-corrected chi connectivity index (χ3v) is 5.33. The normalized spacial score (nSPS) is 20.1. The highest BCUT2D eigenvalue weighted by atomic mass is 35.5. The number of rotatable bonds is 4. The van der Waals surface area contributed by atoms with Gasteiger partial charge in [0.05, 0.1) is 11.1 Å².